The van der Waals surface area contributed by atoms with Gasteiger partial charge in [-0.1, -0.05) is 74.5 Å². The van der Waals surface area contributed by atoms with Gasteiger partial charge in [-0.3, -0.25) is 38.4 Å². The van der Waals surface area contributed by atoms with Crippen molar-refractivity contribution in [2.75, 3.05) is 80.0 Å². The number of benzene rings is 2. The highest BCUT2D eigenvalue weighted by atomic mass is 19.4. The van der Waals surface area contributed by atoms with E-state index in [9.17, 15) is 61.7 Å². The smallest absolute Gasteiger partial charge is 0.475 e. The summed E-state index contributed by atoms with van der Waals surface area (Å²) < 4.78 is 48.8. The van der Waals surface area contributed by atoms with Crippen molar-refractivity contribution in [1.29, 1.82) is 0 Å². The summed E-state index contributed by atoms with van der Waals surface area (Å²) in [7, 11) is 3.33. The number of aliphatic hydroxyl groups excluding tert-OH is 2. The molecule has 0 unspecified atom stereocenters. The molecule has 490 valence electrons. The van der Waals surface area contributed by atoms with Gasteiger partial charge in [0, 0.05) is 63.4 Å². The average molecular weight is 1250 g/mol. The number of rotatable bonds is 32. The Kier molecular flexibility index (Phi) is 29.9. The Labute approximate surface area is 511 Å². The lowest BCUT2D eigenvalue weighted by Gasteiger charge is -2.33. The van der Waals surface area contributed by atoms with E-state index in [-0.39, 0.29) is 50.2 Å². The van der Waals surface area contributed by atoms with E-state index in [1.54, 1.807) is 72.4 Å². The van der Waals surface area contributed by atoms with Crippen molar-refractivity contribution in [3.05, 3.63) is 71.8 Å². The standard InChI is InChI=1S/C58H88N10O13.C2HF3O2/c1-5-43(59-3)51(71)65-49-39(35-69)19-21-41-23-25-45(67(41)57(49)77)53(73)63-47(37-15-9-7-10-16-37)55(75)61-27-13-29-79-31-33-81-34-32-80-30-14-28-62-56(76)48(38-17-11-8-12-18-38)64-54(74)46-26-24-42-22-20-40(36-70)50(58(78)68(42)46)66-52(72)44(6-2)60-4;3-2(4,5)1(6)7/h7-12,15-18,39-50,59-60,69-70H,5-6,13-14,19-36H2,1-4H3,(H,61,75)(H,62,76)(H,63,73)(H,64,74)(H,65,71)(H,66,72);(H,6,7)/t39-,40-,41+,42+,43+,44+,45+,46+,47+,48+,49+,50+;/m1./s1. The molecule has 0 radical (unpaired) electrons. The maximum Gasteiger partial charge on any atom is 0.490 e. The van der Waals surface area contributed by atoms with Gasteiger partial charge in [-0.05, 0) is 102 Å². The van der Waals surface area contributed by atoms with Crippen LogP contribution in [-0.2, 0) is 57.4 Å². The monoisotopic (exact) mass is 1250 g/mol. The van der Waals surface area contributed by atoms with Gasteiger partial charge in [0.05, 0.1) is 38.5 Å². The Morgan fingerprint density at radius 1 is 0.545 bits per heavy atom. The predicted octanol–water partition coefficient (Wildman–Crippen LogP) is 0.886. The van der Waals surface area contributed by atoms with Crippen LogP contribution < -0.4 is 42.5 Å². The second-order valence-corrected chi connectivity index (χ2v) is 22.1. The Morgan fingerprint density at radius 3 is 1.20 bits per heavy atom. The fourth-order valence-electron chi connectivity index (χ4n) is 11.6. The molecule has 4 aliphatic heterocycles. The summed E-state index contributed by atoms with van der Waals surface area (Å²) in [4.78, 5) is 122. The first kappa shape index (κ1) is 71.9. The van der Waals surface area contributed by atoms with Crippen LogP contribution in [0.4, 0.5) is 13.2 Å². The third-order valence-electron chi connectivity index (χ3n) is 16.4. The van der Waals surface area contributed by atoms with Crippen LogP contribution in [0.3, 0.4) is 0 Å². The van der Waals surface area contributed by atoms with Crippen molar-refractivity contribution in [3.8, 4) is 0 Å². The zero-order valence-electron chi connectivity index (χ0n) is 50.5. The molecule has 11 N–H and O–H groups in total. The first-order valence-corrected chi connectivity index (χ1v) is 30.3. The summed E-state index contributed by atoms with van der Waals surface area (Å²) in [5, 5.41) is 50.8. The molecule has 88 heavy (non-hydrogen) atoms. The molecule has 4 aliphatic rings. The van der Waals surface area contributed by atoms with E-state index >= 15 is 0 Å². The maximum absolute atomic E-state index is 14.1. The number of fused-ring (bicyclic) bond motifs is 2. The number of amides is 8. The third kappa shape index (κ3) is 20.6. The first-order chi connectivity index (χ1) is 42.2. The molecule has 6 rings (SSSR count). The van der Waals surface area contributed by atoms with E-state index in [4.69, 9.17) is 24.1 Å². The molecule has 4 heterocycles. The summed E-state index contributed by atoms with van der Waals surface area (Å²) in [5.41, 5.74) is 1.15. The quantitative estimate of drug-likeness (QED) is 0.0453. The zero-order valence-corrected chi connectivity index (χ0v) is 50.5. The number of hydrogen-bond donors (Lipinski definition) is 11. The van der Waals surface area contributed by atoms with Crippen molar-refractivity contribution in [2.45, 2.75) is 157 Å². The normalized spacial score (nSPS) is 23.1. The molecule has 2 aromatic rings. The fourth-order valence-corrected chi connectivity index (χ4v) is 11.6. The van der Waals surface area contributed by atoms with Crippen LogP contribution in [0.15, 0.2) is 60.7 Å². The van der Waals surface area contributed by atoms with Crippen LogP contribution in [0, 0.1) is 11.8 Å². The third-order valence-corrected chi connectivity index (χ3v) is 16.4. The zero-order chi connectivity index (χ0) is 64.3. The van der Waals surface area contributed by atoms with Crippen molar-refractivity contribution < 1.29 is 85.9 Å². The molecule has 0 saturated carbocycles. The number of carboxylic acid groups (broad SMARTS) is 1. The topological polar surface area (TPSA) is 345 Å². The SMILES string of the molecule is CC[C@H](NC)C(=O)N[C@@H]1C(=O)N2[C@@H](CC[C@@H]1CO)CC[C@H]2C(=O)N[C@H](C(=O)NCCCOCCOCCOCCCNC(=O)[C@@H](NC(=O)[C@@H]1CC[C@@H]2CC[C@H](CO)[C@H](NC(=O)[C@H](CC)NC)C(=O)N21)c1ccccc1)c1ccccc1.O=C(O)C(F)(F)F. The van der Waals surface area contributed by atoms with Crippen LogP contribution in [0.1, 0.15) is 114 Å². The van der Waals surface area contributed by atoms with Gasteiger partial charge in [0.1, 0.15) is 36.3 Å². The summed E-state index contributed by atoms with van der Waals surface area (Å²) in [6, 6.07) is 10.4. The van der Waals surface area contributed by atoms with Crippen molar-refractivity contribution in [2.24, 2.45) is 11.8 Å². The van der Waals surface area contributed by atoms with Gasteiger partial charge in [-0.15, -0.1) is 0 Å². The molecule has 0 bridgehead atoms. The number of aliphatic carboxylic acids is 1. The highest BCUT2D eigenvalue weighted by Gasteiger charge is 2.50. The molecular formula is C60H89F3N10O15. The number of nitrogens with zero attached hydrogens (tertiary/aromatic N) is 2. The highest BCUT2D eigenvalue weighted by Crippen LogP contribution is 2.36. The average Bonchev–Trinajstić information content (AvgIpc) is 1.87. The second-order valence-electron chi connectivity index (χ2n) is 22.1. The second kappa shape index (κ2) is 36.6. The molecule has 0 spiro atoms. The van der Waals surface area contributed by atoms with E-state index in [1.807, 2.05) is 26.0 Å². The van der Waals surface area contributed by atoms with Crippen molar-refractivity contribution in [1.82, 2.24) is 52.3 Å². The lowest BCUT2D eigenvalue weighted by molar-refractivity contribution is -0.192. The Hall–Kier alpha value is -6.82. The van der Waals surface area contributed by atoms with Gasteiger partial charge < -0.3 is 81.9 Å². The number of ether oxygens (including phenoxy) is 3. The molecule has 12 atom stereocenters. The van der Waals surface area contributed by atoms with Crippen molar-refractivity contribution in [3.63, 3.8) is 0 Å². The summed E-state index contributed by atoms with van der Waals surface area (Å²) in [6.45, 7) is 5.61. The van der Waals surface area contributed by atoms with Gasteiger partial charge in [-0.25, -0.2) is 4.79 Å². The van der Waals surface area contributed by atoms with E-state index < -0.39 is 108 Å². The lowest BCUT2D eigenvalue weighted by atomic mass is 9.93. The number of aliphatic hydroxyl groups is 2. The first-order valence-electron chi connectivity index (χ1n) is 30.3. The van der Waals surface area contributed by atoms with Gasteiger partial charge in [0.25, 0.3) is 0 Å². The minimum Gasteiger partial charge on any atom is -0.475 e. The van der Waals surface area contributed by atoms with E-state index in [2.05, 4.69) is 42.5 Å². The minimum absolute atomic E-state index is 0.239. The molecule has 28 heteroatoms. The number of nitrogens with one attached hydrogen (secondary N) is 8. The molecule has 2 aromatic carbocycles. The van der Waals surface area contributed by atoms with Gasteiger partial charge in [0.2, 0.25) is 47.3 Å². The number of halogens is 3. The Balaban J connectivity index is 0.00000190. The Bertz CT molecular complexity index is 2410. The molecular weight excluding hydrogens is 1160 g/mol. The van der Waals surface area contributed by atoms with Crippen LogP contribution >= 0.6 is 0 Å². The molecule has 25 nitrogen and oxygen atoms in total. The van der Waals surface area contributed by atoms with Crippen LogP contribution in [0.2, 0.25) is 0 Å². The predicted molar refractivity (Wildman–Crippen MR) is 313 cm³/mol. The highest BCUT2D eigenvalue weighted by molar-refractivity contribution is 5.97. The minimum atomic E-state index is -5.08. The van der Waals surface area contributed by atoms with E-state index in [0.717, 1.165) is 0 Å². The van der Waals surface area contributed by atoms with Crippen LogP contribution in [0.5, 0.6) is 0 Å². The maximum atomic E-state index is 14.1. The number of alkyl halides is 3. The largest absolute Gasteiger partial charge is 0.490 e. The summed E-state index contributed by atoms with van der Waals surface area (Å²) in [6.07, 6.45) is 1.01. The molecule has 0 aliphatic carbocycles. The van der Waals surface area contributed by atoms with Crippen LogP contribution in [0.25, 0.3) is 0 Å². The Morgan fingerprint density at radius 2 is 0.886 bits per heavy atom. The molecule has 4 saturated heterocycles. The van der Waals surface area contributed by atoms with Crippen molar-refractivity contribution >= 4 is 53.2 Å². The summed E-state index contributed by atoms with van der Waals surface area (Å²) >= 11 is 0. The fraction of sp³-hybridized carbons (Fsp3) is 0.650. The molecule has 8 amide bonds. The number of carbonyl (C=O) groups is 9. The van der Waals surface area contributed by atoms with E-state index in [0.29, 0.717) is 128 Å². The number of carbonyl (C=O) groups excluding carboxylic acids is 8. The van der Waals surface area contributed by atoms with E-state index in [1.165, 1.54) is 0 Å². The number of hydrogen-bond acceptors (Lipinski definition) is 16. The molecule has 0 aromatic heterocycles. The lowest BCUT2D eigenvalue weighted by Crippen LogP contribution is -2.59. The molecule has 4 fully saturated rings. The van der Waals surface area contributed by atoms with Gasteiger partial charge in [0.15, 0.2) is 0 Å². The number of carboxylic acids is 1. The van der Waals surface area contributed by atoms with Gasteiger partial charge in [-0.2, -0.15) is 13.2 Å². The van der Waals surface area contributed by atoms with Gasteiger partial charge >= 0.3 is 12.1 Å². The summed E-state index contributed by atoms with van der Waals surface area (Å²) in [5.74, 6) is -7.06. The van der Waals surface area contributed by atoms with Crippen LogP contribution in [-0.4, -0.2) is 213 Å². The number of likely N-dealkylation sites (N-methyl/N-ethyl adjacent to an activating group) is 2.